The summed E-state index contributed by atoms with van der Waals surface area (Å²) in [5, 5.41) is 0. The molecule has 2 rings (SSSR count). The Kier molecular flexibility index (Phi) is 4.55. The molecule has 0 fully saturated rings. The van der Waals surface area contributed by atoms with Crippen molar-refractivity contribution in [3.05, 3.63) is 33.5 Å². The molecule has 0 bridgehead atoms. The highest BCUT2D eigenvalue weighted by Gasteiger charge is 2.15. The molecule has 0 aromatic heterocycles. The van der Waals surface area contributed by atoms with Crippen molar-refractivity contribution < 1.29 is 9.13 Å². The minimum absolute atomic E-state index is 0.174. The summed E-state index contributed by atoms with van der Waals surface area (Å²) in [4.78, 5) is 0. The van der Waals surface area contributed by atoms with E-state index in [1.165, 1.54) is 0 Å². The van der Waals surface area contributed by atoms with E-state index in [9.17, 15) is 4.39 Å². The highest BCUT2D eigenvalue weighted by atomic mass is 79.9. The lowest BCUT2D eigenvalue weighted by Crippen LogP contribution is -2.11. The predicted molar refractivity (Wildman–Crippen MR) is 58.8 cm³/mol. The third-order valence-electron chi connectivity index (χ3n) is 2.06. The summed E-state index contributed by atoms with van der Waals surface area (Å²) in [5.74, 6) is -0.174. The van der Waals surface area contributed by atoms with E-state index in [0.29, 0.717) is 23.2 Å². The average Bonchev–Trinajstić information content (AvgIpc) is 2.27. The fourth-order valence-electron chi connectivity index (χ4n) is 1.38. The highest BCUT2D eigenvalue weighted by molar-refractivity contribution is 9.10. The number of halogens is 2. The third-order valence-corrected chi connectivity index (χ3v) is 2.67. The molecule has 0 radical (unpaired) electrons. The molecule has 0 saturated heterocycles. The fraction of sp³-hybridized carbons (Fsp3) is 0.455. The van der Waals surface area contributed by atoms with Gasteiger partial charge in [-0.05, 0) is 34.0 Å². The van der Waals surface area contributed by atoms with Crippen molar-refractivity contribution in [1.29, 1.82) is 0 Å². The molecule has 1 aliphatic rings. The van der Waals surface area contributed by atoms with Gasteiger partial charge in [-0.25, -0.2) is 4.39 Å². The van der Waals surface area contributed by atoms with Crippen molar-refractivity contribution in [2.24, 2.45) is 0 Å². The first kappa shape index (κ1) is 11.7. The van der Waals surface area contributed by atoms with Crippen LogP contribution in [0.2, 0.25) is 0 Å². The standard InChI is InChI=1S/C9H8BrFO.C2H6/c10-8-2-1-6-3-4-12-5-7(6)9(8)11;1-2/h1-2H,3-5H2;1-2H3. The molecule has 78 valence electrons. The van der Waals surface area contributed by atoms with Crippen LogP contribution in [0, 0.1) is 5.82 Å². The van der Waals surface area contributed by atoms with E-state index in [1.54, 1.807) is 6.07 Å². The SMILES string of the molecule is CC.Fc1c(Br)ccc2c1COCC2. The maximum Gasteiger partial charge on any atom is 0.143 e. The van der Waals surface area contributed by atoms with Gasteiger partial charge in [0.05, 0.1) is 17.7 Å². The fourth-order valence-corrected chi connectivity index (χ4v) is 1.75. The van der Waals surface area contributed by atoms with E-state index < -0.39 is 0 Å². The van der Waals surface area contributed by atoms with Crippen LogP contribution in [0.5, 0.6) is 0 Å². The summed E-state index contributed by atoms with van der Waals surface area (Å²) in [6.45, 7) is 5.11. The van der Waals surface area contributed by atoms with Gasteiger partial charge in [0, 0.05) is 5.56 Å². The van der Waals surface area contributed by atoms with Crippen LogP contribution >= 0.6 is 15.9 Å². The van der Waals surface area contributed by atoms with Gasteiger partial charge in [-0.15, -0.1) is 0 Å². The van der Waals surface area contributed by atoms with E-state index in [0.717, 1.165) is 12.0 Å². The lowest BCUT2D eigenvalue weighted by atomic mass is 10.0. The normalized spacial score (nSPS) is 14.0. The number of ether oxygens (including phenoxy) is 1. The van der Waals surface area contributed by atoms with Gasteiger partial charge in [-0.1, -0.05) is 19.9 Å². The van der Waals surface area contributed by atoms with Crippen molar-refractivity contribution in [3.63, 3.8) is 0 Å². The summed E-state index contributed by atoms with van der Waals surface area (Å²) in [6.07, 6.45) is 0.819. The Morgan fingerprint density at radius 1 is 1.36 bits per heavy atom. The van der Waals surface area contributed by atoms with E-state index in [-0.39, 0.29) is 5.82 Å². The van der Waals surface area contributed by atoms with Gasteiger partial charge in [0.15, 0.2) is 0 Å². The van der Waals surface area contributed by atoms with Crippen molar-refractivity contribution in [1.82, 2.24) is 0 Å². The van der Waals surface area contributed by atoms with Gasteiger partial charge < -0.3 is 4.74 Å². The number of hydrogen-bond acceptors (Lipinski definition) is 1. The Balaban J connectivity index is 0.000000461. The van der Waals surface area contributed by atoms with E-state index in [1.807, 2.05) is 19.9 Å². The van der Waals surface area contributed by atoms with E-state index in [2.05, 4.69) is 15.9 Å². The predicted octanol–water partition coefficient (Wildman–Crippen LogP) is 3.69. The smallest absolute Gasteiger partial charge is 0.143 e. The zero-order valence-electron chi connectivity index (χ0n) is 8.44. The van der Waals surface area contributed by atoms with Crippen LogP contribution in [-0.2, 0) is 17.8 Å². The van der Waals surface area contributed by atoms with Gasteiger partial charge in [-0.3, -0.25) is 0 Å². The summed E-state index contributed by atoms with van der Waals surface area (Å²) < 4.78 is 19.0. The average molecular weight is 261 g/mol. The van der Waals surface area contributed by atoms with E-state index >= 15 is 0 Å². The molecular weight excluding hydrogens is 247 g/mol. The molecule has 0 saturated carbocycles. The number of fused-ring (bicyclic) bond motifs is 1. The van der Waals surface area contributed by atoms with Crippen molar-refractivity contribution in [3.8, 4) is 0 Å². The van der Waals surface area contributed by atoms with Gasteiger partial charge >= 0.3 is 0 Å². The van der Waals surface area contributed by atoms with Crippen LogP contribution in [0.4, 0.5) is 4.39 Å². The second-order valence-electron chi connectivity index (χ2n) is 2.80. The second kappa shape index (κ2) is 5.47. The van der Waals surface area contributed by atoms with Crippen LogP contribution in [0.15, 0.2) is 16.6 Å². The quantitative estimate of drug-likeness (QED) is 0.692. The monoisotopic (exact) mass is 260 g/mol. The first-order valence-corrected chi connectivity index (χ1v) is 5.62. The maximum absolute atomic E-state index is 13.4. The summed E-state index contributed by atoms with van der Waals surface area (Å²) in [5.41, 5.74) is 1.78. The number of benzene rings is 1. The molecule has 0 spiro atoms. The molecule has 0 aliphatic carbocycles. The van der Waals surface area contributed by atoms with Gasteiger partial charge in [0.1, 0.15) is 5.82 Å². The maximum atomic E-state index is 13.4. The topological polar surface area (TPSA) is 9.23 Å². The largest absolute Gasteiger partial charge is 0.376 e. The van der Waals surface area contributed by atoms with E-state index in [4.69, 9.17) is 4.74 Å². The molecule has 0 unspecified atom stereocenters. The Morgan fingerprint density at radius 2 is 2.07 bits per heavy atom. The lowest BCUT2D eigenvalue weighted by Gasteiger charge is -2.17. The van der Waals surface area contributed by atoms with Gasteiger partial charge in [0.2, 0.25) is 0 Å². The van der Waals surface area contributed by atoms with Gasteiger partial charge in [-0.2, -0.15) is 0 Å². The summed E-state index contributed by atoms with van der Waals surface area (Å²) in [7, 11) is 0. The van der Waals surface area contributed by atoms with Crippen LogP contribution in [-0.4, -0.2) is 6.61 Å². The molecule has 1 nitrogen and oxygen atoms in total. The molecule has 1 aromatic carbocycles. The zero-order chi connectivity index (χ0) is 10.6. The first-order valence-electron chi connectivity index (χ1n) is 4.82. The molecule has 1 aromatic rings. The zero-order valence-corrected chi connectivity index (χ0v) is 10.0. The van der Waals surface area contributed by atoms with Crippen LogP contribution in [0.3, 0.4) is 0 Å². The van der Waals surface area contributed by atoms with Crippen molar-refractivity contribution >= 4 is 15.9 Å². The molecule has 14 heavy (non-hydrogen) atoms. The van der Waals surface area contributed by atoms with Crippen LogP contribution in [0.1, 0.15) is 25.0 Å². The molecule has 1 heterocycles. The Hall–Kier alpha value is -0.410. The van der Waals surface area contributed by atoms with Crippen molar-refractivity contribution in [2.45, 2.75) is 26.9 Å². The number of rotatable bonds is 0. The summed E-state index contributed by atoms with van der Waals surface area (Å²) in [6, 6.07) is 3.70. The second-order valence-corrected chi connectivity index (χ2v) is 3.66. The van der Waals surface area contributed by atoms with Crippen LogP contribution in [0.25, 0.3) is 0 Å². The molecule has 0 amide bonds. The van der Waals surface area contributed by atoms with Crippen LogP contribution < -0.4 is 0 Å². The van der Waals surface area contributed by atoms with Crippen molar-refractivity contribution in [2.75, 3.05) is 6.61 Å². The minimum atomic E-state index is -0.174. The Morgan fingerprint density at radius 3 is 2.79 bits per heavy atom. The molecule has 1 aliphatic heterocycles. The Labute approximate surface area is 92.4 Å². The molecule has 0 N–H and O–H groups in total. The number of hydrogen-bond donors (Lipinski definition) is 0. The third kappa shape index (κ3) is 2.34. The lowest BCUT2D eigenvalue weighted by molar-refractivity contribution is 0.107. The minimum Gasteiger partial charge on any atom is -0.376 e. The molecular formula is C11H14BrFO. The van der Waals surface area contributed by atoms with Gasteiger partial charge in [0.25, 0.3) is 0 Å². The molecule has 0 atom stereocenters. The first-order chi connectivity index (χ1) is 6.79. The Bertz CT molecular complexity index is 312. The molecule has 3 heteroatoms. The summed E-state index contributed by atoms with van der Waals surface area (Å²) >= 11 is 3.14. The highest BCUT2D eigenvalue weighted by Crippen LogP contribution is 2.25.